The van der Waals surface area contributed by atoms with Crippen molar-refractivity contribution in [2.24, 2.45) is 0 Å². The minimum atomic E-state index is 0.593. The minimum Gasteiger partial charge on any atom is -0.277 e. The van der Waals surface area contributed by atoms with Crippen LogP contribution in [0.2, 0.25) is 0 Å². The van der Waals surface area contributed by atoms with Crippen LogP contribution in [0, 0.1) is 0 Å². The summed E-state index contributed by atoms with van der Waals surface area (Å²) in [5.74, 6) is 1.87. The number of benzene rings is 7. The molecule has 0 fully saturated rings. The van der Waals surface area contributed by atoms with Gasteiger partial charge in [0.1, 0.15) is 0 Å². The van der Waals surface area contributed by atoms with E-state index < -0.39 is 0 Å². The van der Waals surface area contributed by atoms with E-state index in [1.807, 2.05) is 47.7 Å². The van der Waals surface area contributed by atoms with Gasteiger partial charge < -0.3 is 0 Å². The van der Waals surface area contributed by atoms with E-state index in [2.05, 4.69) is 126 Å². The van der Waals surface area contributed by atoms with Crippen molar-refractivity contribution >= 4 is 64.1 Å². The molecule has 0 unspecified atom stereocenters. The second-order valence-electron chi connectivity index (χ2n) is 12.0. The number of thiophene rings is 1. The summed E-state index contributed by atoms with van der Waals surface area (Å²) < 4.78 is 4.81. The molecule has 10 aromatic rings. The van der Waals surface area contributed by atoms with Crippen molar-refractivity contribution in [2.45, 2.75) is 0 Å². The fourth-order valence-corrected chi connectivity index (χ4v) is 8.37. The van der Waals surface area contributed by atoms with Crippen LogP contribution in [0.1, 0.15) is 0 Å². The zero-order chi connectivity index (χ0) is 31.6. The molecule has 0 aliphatic rings. The number of para-hydroxylation sites is 2. The molecule has 0 bridgehead atoms. The van der Waals surface area contributed by atoms with Crippen molar-refractivity contribution < 1.29 is 0 Å². The number of hydrogen-bond acceptors (Lipinski definition) is 4. The molecule has 0 atom stereocenters. The number of fused-ring (bicyclic) bond motifs is 8. The molecule has 3 aromatic heterocycles. The van der Waals surface area contributed by atoms with Crippen molar-refractivity contribution in [1.82, 2.24) is 19.5 Å². The van der Waals surface area contributed by atoms with Gasteiger partial charge in [-0.05, 0) is 22.9 Å². The quantitative estimate of drug-likeness (QED) is 0.194. The molecule has 7 aromatic carbocycles. The van der Waals surface area contributed by atoms with E-state index in [0.717, 1.165) is 38.5 Å². The Kier molecular flexibility index (Phi) is 6.01. The normalized spacial score (nSPS) is 11.8. The standard InChI is InChI=1S/C43H26N4S/c1-3-14-28(15-4-1)41-44-42(29-16-5-2-6-17-29)46-43(45-41)47-36-24-10-9-19-31(36)32-20-11-21-33(39(32)47)34-22-12-23-35-38-30-18-8-7-13-27(30)25-26-37(38)48-40(34)35/h1-26H. The molecule has 4 nitrogen and oxygen atoms in total. The summed E-state index contributed by atoms with van der Waals surface area (Å²) in [5, 5.41) is 7.47. The number of nitrogens with zero attached hydrogens (tertiary/aromatic N) is 4. The average molecular weight is 631 g/mol. The minimum absolute atomic E-state index is 0.593. The van der Waals surface area contributed by atoms with Gasteiger partial charge in [0.15, 0.2) is 11.6 Å². The Balaban J connectivity index is 1.31. The molecule has 48 heavy (non-hydrogen) atoms. The van der Waals surface area contributed by atoms with Gasteiger partial charge in [-0.3, -0.25) is 4.57 Å². The molecule has 3 heterocycles. The molecule has 0 radical (unpaired) electrons. The van der Waals surface area contributed by atoms with E-state index in [9.17, 15) is 0 Å². The Morgan fingerprint density at radius 3 is 1.79 bits per heavy atom. The van der Waals surface area contributed by atoms with Gasteiger partial charge in [-0.2, -0.15) is 9.97 Å². The van der Waals surface area contributed by atoms with Crippen molar-refractivity contribution in [3.8, 4) is 39.9 Å². The molecule has 0 saturated heterocycles. The highest BCUT2D eigenvalue weighted by molar-refractivity contribution is 7.26. The van der Waals surface area contributed by atoms with Gasteiger partial charge in [0, 0.05) is 53.2 Å². The van der Waals surface area contributed by atoms with Gasteiger partial charge in [-0.25, -0.2) is 4.98 Å². The van der Waals surface area contributed by atoms with Crippen molar-refractivity contribution in [2.75, 3.05) is 0 Å². The van der Waals surface area contributed by atoms with Crippen LogP contribution < -0.4 is 0 Å². The van der Waals surface area contributed by atoms with E-state index in [-0.39, 0.29) is 0 Å². The Hall–Kier alpha value is -6.17. The second-order valence-corrected chi connectivity index (χ2v) is 13.1. The van der Waals surface area contributed by atoms with Crippen LogP contribution in [-0.4, -0.2) is 19.5 Å². The zero-order valence-electron chi connectivity index (χ0n) is 25.7. The molecule has 0 spiro atoms. The molecule has 0 saturated carbocycles. The highest BCUT2D eigenvalue weighted by Gasteiger charge is 2.22. The lowest BCUT2D eigenvalue weighted by atomic mass is 9.98. The topological polar surface area (TPSA) is 43.6 Å². The smallest absolute Gasteiger partial charge is 0.238 e. The Morgan fingerprint density at radius 1 is 0.438 bits per heavy atom. The van der Waals surface area contributed by atoms with E-state index in [1.54, 1.807) is 0 Å². The monoisotopic (exact) mass is 630 g/mol. The average Bonchev–Trinajstić information content (AvgIpc) is 3.72. The van der Waals surface area contributed by atoms with Gasteiger partial charge in [-0.15, -0.1) is 11.3 Å². The van der Waals surface area contributed by atoms with Crippen LogP contribution in [0.5, 0.6) is 0 Å². The van der Waals surface area contributed by atoms with E-state index >= 15 is 0 Å². The van der Waals surface area contributed by atoms with Crippen molar-refractivity contribution in [1.29, 1.82) is 0 Å². The van der Waals surface area contributed by atoms with Gasteiger partial charge in [0.05, 0.1) is 11.0 Å². The Morgan fingerprint density at radius 2 is 1.04 bits per heavy atom. The van der Waals surface area contributed by atoms with E-state index in [0.29, 0.717) is 17.6 Å². The molecule has 0 amide bonds. The first-order valence-electron chi connectivity index (χ1n) is 16.0. The second kappa shape index (κ2) is 10.7. The van der Waals surface area contributed by atoms with Crippen molar-refractivity contribution in [3.05, 3.63) is 158 Å². The maximum Gasteiger partial charge on any atom is 0.238 e. The first-order valence-corrected chi connectivity index (χ1v) is 16.9. The third kappa shape index (κ3) is 4.11. The third-order valence-electron chi connectivity index (χ3n) is 9.26. The molecule has 224 valence electrons. The lowest BCUT2D eigenvalue weighted by Gasteiger charge is -2.13. The molecular weight excluding hydrogens is 605 g/mol. The van der Waals surface area contributed by atoms with Crippen molar-refractivity contribution in [3.63, 3.8) is 0 Å². The summed E-state index contributed by atoms with van der Waals surface area (Å²) in [6.07, 6.45) is 0. The van der Waals surface area contributed by atoms with Crippen LogP contribution in [0.25, 0.3) is 92.6 Å². The highest BCUT2D eigenvalue weighted by atomic mass is 32.1. The predicted molar refractivity (Wildman–Crippen MR) is 201 cm³/mol. The van der Waals surface area contributed by atoms with E-state index in [4.69, 9.17) is 15.0 Å². The maximum atomic E-state index is 5.18. The van der Waals surface area contributed by atoms with Gasteiger partial charge >= 0.3 is 0 Å². The molecule has 0 aliphatic heterocycles. The number of aromatic nitrogens is 4. The summed E-state index contributed by atoms with van der Waals surface area (Å²) in [5.41, 5.74) is 6.38. The lowest BCUT2D eigenvalue weighted by molar-refractivity contribution is 0.954. The van der Waals surface area contributed by atoms with Gasteiger partial charge in [0.2, 0.25) is 5.95 Å². The van der Waals surface area contributed by atoms with Gasteiger partial charge in [-0.1, -0.05) is 146 Å². The molecule has 0 aliphatic carbocycles. The predicted octanol–water partition coefficient (Wildman–Crippen LogP) is 11.5. The first-order chi connectivity index (χ1) is 23.8. The first kappa shape index (κ1) is 27.0. The fourth-order valence-electron chi connectivity index (χ4n) is 7.12. The zero-order valence-corrected chi connectivity index (χ0v) is 26.5. The third-order valence-corrected chi connectivity index (χ3v) is 10.5. The summed E-state index contributed by atoms with van der Waals surface area (Å²) >= 11 is 1.86. The Labute approximate surface area is 280 Å². The molecule has 0 N–H and O–H groups in total. The molecule has 10 rings (SSSR count). The van der Waals surface area contributed by atoms with E-state index in [1.165, 1.54) is 36.5 Å². The van der Waals surface area contributed by atoms with Crippen LogP contribution in [-0.2, 0) is 0 Å². The lowest BCUT2D eigenvalue weighted by Crippen LogP contribution is -2.06. The maximum absolute atomic E-state index is 5.18. The van der Waals surface area contributed by atoms with Crippen LogP contribution in [0.3, 0.4) is 0 Å². The Bertz CT molecular complexity index is 2780. The van der Waals surface area contributed by atoms with Crippen LogP contribution >= 0.6 is 11.3 Å². The SMILES string of the molecule is c1ccc(-c2nc(-c3ccccc3)nc(-n3c4ccccc4c4cccc(-c5cccc6c5sc5ccc7ccccc7c56)c43)n2)cc1. The molecular formula is C43H26N4S. The highest BCUT2D eigenvalue weighted by Crippen LogP contribution is 2.45. The summed E-state index contributed by atoms with van der Waals surface area (Å²) in [6, 6.07) is 55.4. The van der Waals surface area contributed by atoms with Gasteiger partial charge in [0.25, 0.3) is 0 Å². The largest absolute Gasteiger partial charge is 0.277 e. The fraction of sp³-hybridized carbons (Fsp3) is 0. The number of hydrogen-bond donors (Lipinski definition) is 0. The van der Waals surface area contributed by atoms with Crippen LogP contribution in [0.4, 0.5) is 0 Å². The summed E-state index contributed by atoms with van der Waals surface area (Å²) in [4.78, 5) is 15.3. The molecule has 5 heteroatoms. The summed E-state index contributed by atoms with van der Waals surface area (Å²) in [6.45, 7) is 0. The van der Waals surface area contributed by atoms with Crippen LogP contribution in [0.15, 0.2) is 158 Å². The number of rotatable bonds is 4. The summed E-state index contributed by atoms with van der Waals surface area (Å²) in [7, 11) is 0.